The van der Waals surface area contributed by atoms with E-state index in [1.165, 1.54) is 18.5 Å². The Bertz CT molecular complexity index is 1280. The van der Waals surface area contributed by atoms with Crippen molar-refractivity contribution in [2.75, 3.05) is 29.9 Å². The van der Waals surface area contributed by atoms with Crippen LogP contribution in [0.15, 0.2) is 79.0 Å². The van der Waals surface area contributed by atoms with Gasteiger partial charge in [0.1, 0.15) is 17.1 Å². The Hall–Kier alpha value is -4.06. The van der Waals surface area contributed by atoms with E-state index in [0.29, 0.717) is 17.0 Å². The van der Waals surface area contributed by atoms with E-state index in [2.05, 4.69) is 27.3 Å². The van der Waals surface area contributed by atoms with E-state index >= 15 is 0 Å². The van der Waals surface area contributed by atoms with Crippen LogP contribution in [0.25, 0.3) is 10.9 Å². The Kier molecular flexibility index (Phi) is 6.29. The minimum Gasteiger partial charge on any atom is -0.462 e. The van der Waals surface area contributed by atoms with Gasteiger partial charge in [-0.05, 0) is 74.4 Å². The number of hydrogen-bond donors (Lipinski definition) is 1. The highest BCUT2D eigenvalue weighted by atomic mass is 16.5. The molecule has 2 heterocycles. The summed E-state index contributed by atoms with van der Waals surface area (Å²) in [6, 6.07) is 23.6. The average Bonchev–Trinajstić information content (AvgIpc) is 3.41. The lowest BCUT2D eigenvalue weighted by Gasteiger charge is -2.19. The SMILES string of the molecule is CCOC(=O)c1cnc2ccc(Oc3ccccc3)cc2c1Nc1ccc(N2CCCC2)cc1. The van der Waals surface area contributed by atoms with Gasteiger partial charge in [-0.25, -0.2) is 4.79 Å². The topological polar surface area (TPSA) is 63.7 Å². The summed E-state index contributed by atoms with van der Waals surface area (Å²) in [6.07, 6.45) is 4.04. The molecule has 0 unspecified atom stereocenters. The third kappa shape index (κ3) is 4.66. The zero-order valence-electron chi connectivity index (χ0n) is 19.2. The molecule has 6 heteroatoms. The highest BCUT2D eigenvalue weighted by Crippen LogP contribution is 2.34. The van der Waals surface area contributed by atoms with E-state index in [4.69, 9.17) is 9.47 Å². The van der Waals surface area contributed by atoms with Crippen LogP contribution < -0.4 is 15.0 Å². The molecule has 172 valence electrons. The fraction of sp³-hybridized carbons (Fsp3) is 0.214. The third-order valence-corrected chi connectivity index (χ3v) is 5.92. The number of nitrogens with zero attached hydrogens (tertiary/aromatic N) is 2. The number of ether oxygens (including phenoxy) is 2. The summed E-state index contributed by atoms with van der Waals surface area (Å²) < 4.78 is 11.3. The first-order chi connectivity index (χ1) is 16.7. The van der Waals surface area contributed by atoms with Crippen molar-refractivity contribution in [3.8, 4) is 11.5 Å². The van der Waals surface area contributed by atoms with Crippen molar-refractivity contribution < 1.29 is 14.3 Å². The number of nitrogens with one attached hydrogen (secondary N) is 1. The largest absolute Gasteiger partial charge is 0.462 e. The van der Waals surface area contributed by atoms with E-state index in [1.54, 1.807) is 13.1 Å². The number of pyridine rings is 1. The van der Waals surface area contributed by atoms with Gasteiger partial charge in [-0.3, -0.25) is 4.98 Å². The van der Waals surface area contributed by atoms with Crippen LogP contribution in [0.3, 0.4) is 0 Å². The van der Waals surface area contributed by atoms with Crippen molar-refractivity contribution in [1.82, 2.24) is 4.98 Å². The first-order valence-corrected chi connectivity index (χ1v) is 11.7. The number of anilines is 3. The van der Waals surface area contributed by atoms with E-state index in [1.807, 2.05) is 60.7 Å². The highest BCUT2D eigenvalue weighted by molar-refractivity contribution is 6.06. The van der Waals surface area contributed by atoms with Crippen molar-refractivity contribution in [1.29, 1.82) is 0 Å². The van der Waals surface area contributed by atoms with Crippen LogP contribution >= 0.6 is 0 Å². The van der Waals surface area contributed by atoms with Crippen LogP contribution in [0.5, 0.6) is 11.5 Å². The van der Waals surface area contributed by atoms with Gasteiger partial charge in [0.25, 0.3) is 0 Å². The van der Waals surface area contributed by atoms with Gasteiger partial charge in [0.15, 0.2) is 0 Å². The molecule has 0 atom stereocenters. The molecule has 0 saturated carbocycles. The molecular formula is C28H27N3O3. The molecule has 0 spiro atoms. The lowest BCUT2D eigenvalue weighted by atomic mass is 10.1. The molecule has 1 N–H and O–H groups in total. The monoisotopic (exact) mass is 453 g/mol. The average molecular weight is 454 g/mol. The van der Waals surface area contributed by atoms with Crippen LogP contribution in [0.2, 0.25) is 0 Å². The highest BCUT2D eigenvalue weighted by Gasteiger charge is 2.18. The number of hydrogen-bond acceptors (Lipinski definition) is 6. The second-order valence-electron chi connectivity index (χ2n) is 8.23. The number of benzene rings is 3. The molecule has 0 bridgehead atoms. The fourth-order valence-electron chi connectivity index (χ4n) is 4.23. The van der Waals surface area contributed by atoms with Crippen LogP contribution in [0.1, 0.15) is 30.1 Å². The number of esters is 1. The van der Waals surface area contributed by atoms with Gasteiger partial charge in [0.2, 0.25) is 0 Å². The minimum atomic E-state index is -0.414. The van der Waals surface area contributed by atoms with Gasteiger partial charge in [-0.15, -0.1) is 0 Å². The lowest BCUT2D eigenvalue weighted by molar-refractivity contribution is 0.0527. The maximum atomic E-state index is 12.8. The van der Waals surface area contributed by atoms with Crippen molar-refractivity contribution in [2.24, 2.45) is 0 Å². The standard InChI is InChI=1S/C28H27N3O3/c1-2-33-28(32)25-19-29-26-15-14-23(34-22-8-4-3-5-9-22)18-24(26)27(25)30-20-10-12-21(13-11-20)31-16-6-7-17-31/h3-5,8-15,18-19H,2,6-7,16-17H2,1H3,(H,29,30). The summed E-state index contributed by atoms with van der Waals surface area (Å²) in [5.41, 5.74) is 3.89. The molecule has 3 aromatic carbocycles. The molecule has 4 aromatic rings. The number of para-hydroxylation sites is 1. The summed E-state index contributed by atoms with van der Waals surface area (Å²) in [5, 5.41) is 4.23. The van der Waals surface area contributed by atoms with Crippen molar-refractivity contribution in [2.45, 2.75) is 19.8 Å². The van der Waals surface area contributed by atoms with Gasteiger partial charge in [-0.2, -0.15) is 0 Å². The van der Waals surface area contributed by atoms with E-state index in [9.17, 15) is 4.79 Å². The summed E-state index contributed by atoms with van der Waals surface area (Å²) in [7, 11) is 0. The second kappa shape index (κ2) is 9.83. The van der Waals surface area contributed by atoms with Gasteiger partial charge in [0.05, 0.1) is 17.8 Å². The molecule has 5 rings (SSSR count). The molecule has 6 nitrogen and oxygen atoms in total. The van der Waals surface area contributed by atoms with Gasteiger partial charge >= 0.3 is 5.97 Å². The Morgan fingerprint density at radius 1 is 0.971 bits per heavy atom. The second-order valence-corrected chi connectivity index (χ2v) is 8.23. The van der Waals surface area contributed by atoms with E-state index < -0.39 is 5.97 Å². The number of carbonyl (C=O) groups excluding carboxylic acids is 1. The predicted octanol–water partition coefficient (Wildman–Crippen LogP) is 6.55. The summed E-state index contributed by atoms with van der Waals surface area (Å²) in [6.45, 7) is 4.28. The molecule has 1 aliphatic heterocycles. The third-order valence-electron chi connectivity index (χ3n) is 5.92. The van der Waals surface area contributed by atoms with Crippen molar-refractivity contribution in [3.63, 3.8) is 0 Å². The van der Waals surface area contributed by atoms with Crippen LogP contribution in [-0.2, 0) is 4.74 Å². The van der Waals surface area contributed by atoms with Crippen LogP contribution in [0.4, 0.5) is 17.1 Å². The zero-order chi connectivity index (χ0) is 23.3. The summed E-state index contributed by atoms with van der Waals surface area (Å²) in [4.78, 5) is 19.7. The summed E-state index contributed by atoms with van der Waals surface area (Å²) in [5.74, 6) is 0.986. The number of carbonyl (C=O) groups is 1. The number of fused-ring (bicyclic) bond motifs is 1. The first-order valence-electron chi connectivity index (χ1n) is 11.7. The molecule has 0 radical (unpaired) electrons. The zero-order valence-corrected chi connectivity index (χ0v) is 19.2. The van der Waals surface area contributed by atoms with Gasteiger partial charge in [0, 0.05) is 36.0 Å². The normalized spacial score (nSPS) is 13.1. The molecule has 34 heavy (non-hydrogen) atoms. The molecular weight excluding hydrogens is 426 g/mol. The molecule has 1 fully saturated rings. The molecule has 1 aromatic heterocycles. The molecule has 1 saturated heterocycles. The predicted molar refractivity (Wildman–Crippen MR) is 135 cm³/mol. The minimum absolute atomic E-state index is 0.290. The Morgan fingerprint density at radius 3 is 2.47 bits per heavy atom. The van der Waals surface area contributed by atoms with Crippen LogP contribution in [0, 0.1) is 0 Å². The Balaban J connectivity index is 1.52. The maximum absolute atomic E-state index is 12.8. The lowest BCUT2D eigenvalue weighted by Crippen LogP contribution is -2.17. The number of rotatable bonds is 7. The number of aromatic nitrogens is 1. The molecule has 1 aliphatic rings. The smallest absolute Gasteiger partial charge is 0.341 e. The van der Waals surface area contributed by atoms with Crippen molar-refractivity contribution in [3.05, 3.63) is 84.6 Å². The van der Waals surface area contributed by atoms with E-state index in [0.717, 1.165) is 35.4 Å². The van der Waals surface area contributed by atoms with Gasteiger partial charge in [-0.1, -0.05) is 18.2 Å². The quantitative estimate of drug-likeness (QED) is 0.320. The van der Waals surface area contributed by atoms with Crippen molar-refractivity contribution >= 4 is 33.9 Å². The summed E-state index contributed by atoms with van der Waals surface area (Å²) >= 11 is 0. The molecule has 0 amide bonds. The molecule has 0 aliphatic carbocycles. The van der Waals surface area contributed by atoms with E-state index in [-0.39, 0.29) is 6.61 Å². The Labute approximate surface area is 199 Å². The van der Waals surface area contributed by atoms with Crippen LogP contribution in [-0.4, -0.2) is 30.6 Å². The van der Waals surface area contributed by atoms with Gasteiger partial charge < -0.3 is 19.7 Å². The first kappa shape index (κ1) is 21.8. The fourth-order valence-corrected chi connectivity index (χ4v) is 4.23. The maximum Gasteiger partial charge on any atom is 0.341 e. The Morgan fingerprint density at radius 2 is 1.74 bits per heavy atom.